The van der Waals surface area contributed by atoms with Gasteiger partial charge in [-0.1, -0.05) is 0 Å². The van der Waals surface area contributed by atoms with E-state index in [0.717, 1.165) is 0 Å². The van der Waals surface area contributed by atoms with Crippen molar-refractivity contribution in [3.63, 3.8) is 0 Å². The van der Waals surface area contributed by atoms with Crippen LogP contribution < -0.4 is 4.72 Å². The van der Waals surface area contributed by atoms with Gasteiger partial charge in [0.25, 0.3) is 0 Å². The van der Waals surface area contributed by atoms with Crippen molar-refractivity contribution in [1.82, 2.24) is 9.71 Å². The Hall–Kier alpha value is -1.38. The smallest absolute Gasteiger partial charge is 0.355 e. The third-order valence-corrected chi connectivity index (χ3v) is 4.48. The highest BCUT2D eigenvalue weighted by molar-refractivity contribution is 7.89. The van der Waals surface area contributed by atoms with E-state index < -0.39 is 16.0 Å². The highest BCUT2D eigenvalue weighted by atomic mass is 32.2. The number of aromatic nitrogens is 1. The topological polar surface area (TPSA) is 108 Å². The van der Waals surface area contributed by atoms with Gasteiger partial charge in [0.05, 0.1) is 6.61 Å². The van der Waals surface area contributed by atoms with Gasteiger partial charge in [0.2, 0.25) is 10.0 Å². The van der Waals surface area contributed by atoms with Crippen LogP contribution in [0.1, 0.15) is 35.1 Å². The first-order valence-electron chi connectivity index (χ1n) is 6.32. The first-order chi connectivity index (χ1) is 9.35. The van der Waals surface area contributed by atoms with E-state index in [2.05, 4.69) is 9.71 Å². The molecule has 0 fully saturated rings. The average molecular weight is 304 g/mol. The van der Waals surface area contributed by atoms with Crippen molar-refractivity contribution in [3.8, 4) is 0 Å². The minimum absolute atomic E-state index is 0.0542. The largest absolute Gasteiger partial charge is 0.461 e. The number of aromatic amines is 1. The minimum Gasteiger partial charge on any atom is -0.461 e. The van der Waals surface area contributed by atoms with E-state index in [1.807, 2.05) is 0 Å². The standard InChI is InChI=1S/C12H20N2O5S/c1-4-19-12(16)10-8(2)11(9(3)14-10)20(17,18)13-6-5-7-15/h13-15H,4-7H2,1-3H3. The summed E-state index contributed by atoms with van der Waals surface area (Å²) < 4.78 is 31.6. The molecular formula is C12H20N2O5S. The van der Waals surface area contributed by atoms with Crippen molar-refractivity contribution >= 4 is 16.0 Å². The number of hydrogen-bond acceptors (Lipinski definition) is 5. The molecule has 0 aliphatic carbocycles. The van der Waals surface area contributed by atoms with Gasteiger partial charge in [-0.05, 0) is 27.2 Å². The second-order valence-corrected chi connectivity index (χ2v) is 5.98. The molecule has 1 rings (SSSR count). The number of carbonyl (C=O) groups is 1. The third kappa shape index (κ3) is 3.59. The molecular weight excluding hydrogens is 284 g/mol. The van der Waals surface area contributed by atoms with E-state index in [9.17, 15) is 13.2 Å². The van der Waals surface area contributed by atoms with Crippen LogP contribution in [0.5, 0.6) is 0 Å². The van der Waals surface area contributed by atoms with E-state index in [1.54, 1.807) is 20.8 Å². The molecule has 0 amide bonds. The molecule has 1 heterocycles. The molecule has 20 heavy (non-hydrogen) atoms. The van der Waals surface area contributed by atoms with E-state index in [-0.39, 0.29) is 30.3 Å². The maximum absolute atomic E-state index is 12.2. The highest BCUT2D eigenvalue weighted by Crippen LogP contribution is 2.23. The Labute approximate surface area is 118 Å². The van der Waals surface area contributed by atoms with Gasteiger partial charge in [-0.2, -0.15) is 0 Å². The Kier molecular flexibility index (Phi) is 5.73. The molecule has 0 aliphatic rings. The van der Waals surface area contributed by atoms with Crippen LogP contribution in [0, 0.1) is 13.8 Å². The summed E-state index contributed by atoms with van der Waals surface area (Å²) in [6.07, 6.45) is 0.326. The number of aliphatic hydroxyl groups excluding tert-OH is 1. The lowest BCUT2D eigenvalue weighted by Crippen LogP contribution is -2.26. The van der Waals surface area contributed by atoms with Crippen LogP contribution in [0.25, 0.3) is 0 Å². The van der Waals surface area contributed by atoms with Gasteiger partial charge in [0, 0.05) is 24.4 Å². The summed E-state index contributed by atoms with van der Waals surface area (Å²) in [5.41, 5.74) is 0.853. The molecule has 1 aromatic rings. The van der Waals surface area contributed by atoms with Crippen molar-refractivity contribution in [2.45, 2.75) is 32.1 Å². The molecule has 3 N–H and O–H groups in total. The predicted molar refractivity (Wildman–Crippen MR) is 73.1 cm³/mol. The normalized spacial score (nSPS) is 11.6. The van der Waals surface area contributed by atoms with Crippen molar-refractivity contribution < 1.29 is 23.1 Å². The van der Waals surface area contributed by atoms with Crippen LogP contribution >= 0.6 is 0 Å². The summed E-state index contributed by atoms with van der Waals surface area (Å²) in [5.74, 6) is -0.579. The number of sulfonamides is 1. The first-order valence-corrected chi connectivity index (χ1v) is 7.80. The van der Waals surface area contributed by atoms with Gasteiger partial charge in [-0.3, -0.25) is 0 Å². The summed E-state index contributed by atoms with van der Waals surface area (Å²) in [7, 11) is -3.72. The fourth-order valence-electron chi connectivity index (χ4n) is 1.90. The molecule has 0 unspecified atom stereocenters. The number of H-pyrrole nitrogens is 1. The number of nitrogens with one attached hydrogen (secondary N) is 2. The van der Waals surface area contributed by atoms with Crippen molar-refractivity contribution in [3.05, 3.63) is 17.0 Å². The van der Waals surface area contributed by atoms with Crippen LogP contribution in [0.4, 0.5) is 0 Å². The Balaban J connectivity index is 3.10. The molecule has 0 spiro atoms. The summed E-state index contributed by atoms with van der Waals surface area (Å²) in [6, 6.07) is 0. The second kappa shape index (κ2) is 6.87. The molecule has 0 radical (unpaired) electrons. The van der Waals surface area contributed by atoms with Gasteiger partial charge in [-0.15, -0.1) is 0 Å². The number of aryl methyl sites for hydroxylation is 1. The zero-order chi connectivity index (χ0) is 15.3. The van der Waals surface area contributed by atoms with E-state index in [1.165, 1.54) is 0 Å². The minimum atomic E-state index is -3.72. The van der Waals surface area contributed by atoms with Crippen molar-refractivity contribution in [2.75, 3.05) is 19.8 Å². The molecule has 0 aliphatic heterocycles. The summed E-state index contributed by atoms with van der Waals surface area (Å²) in [4.78, 5) is 14.5. The van der Waals surface area contributed by atoms with E-state index >= 15 is 0 Å². The van der Waals surface area contributed by atoms with Gasteiger partial charge in [0.1, 0.15) is 10.6 Å². The third-order valence-electron chi connectivity index (χ3n) is 2.74. The summed E-state index contributed by atoms with van der Waals surface area (Å²) in [6.45, 7) is 5.07. The molecule has 0 saturated carbocycles. The summed E-state index contributed by atoms with van der Waals surface area (Å²) >= 11 is 0. The molecule has 114 valence electrons. The van der Waals surface area contributed by atoms with E-state index in [4.69, 9.17) is 9.84 Å². The van der Waals surface area contributed by atoms with Crippen LogP contribution in [-0.2, 0) is 14.8 Å². The van der Waals surface area contributed by atoms with Crippen LogP contribution in [0.3, 0.4) is 0 Å². The molecule has 0 saturated heterocycles. The SMILES string of the molecule is CCOC(=O)c1[nH]c(C)c(S(=O)(=O)NCCCO)c1C. The average Bonchev–Trinajstić information content (AvgIpc) is 2.66. The molecule has 0 atom stereocenters. The maximum Gasteiger partial charge on any atom is 0.355 e. The number of ether oxygens (including phenoxy) is 1. The summed E-state index contributed by atoms with van der Waals surface area (Å²) in [5, 5.41) is 8.68. The fraction of sp³-hybridized carbons (Fsp3) is 0.583. The Bertz CT molecular complexity index is 577. The van der Waals surface area contributed by atoms with Gasteiger partial charge < -0.3 is 14.8 Å². The molecule has 8 heteroatoms. The van der Waals surface area contributed by atoms with E-state index in [0.29, 0.717) is 17.7 Å². The lowest BCUT2D eigenvalue weighted by molar-refractivity contribution is 0.0519. The van der Waals surface area contributed by atoms with Crippen molar-refractivity contribution in [1.29, 1.82) is 0 Å². The van der Waals surface area contributed by atoms with Gasteiger partial charge in [0.15, 0.2) is 0 Å². The fourth-order valence-corrected chi connectivity index (χ4v) is 3.42. The van der Waals surface area contributed by atoms with Crippen molar-refractivity contribution in [2.24, 2.45) is 0 Å². The zero-order valence-electron chi connectivity index (χ0n) is 11.8. The van der Waals surface area contributed by atoms with Gasteiger partial charge >= 0.3 is 5.97 Å². The molecule has 7 nitrogen and oxygen atoms in total. The first kappa shape index (κ1) is 16.7. The van der Waals surface area contributed by atoms with Crippen LogP contribution in [-0.4, -0.2) is 44.2 Å². The zero-order valence-corrected chi connectivity index (χ0v) is 12.6. The quantitative estimate of drug-likeness (QED) is 0.501. The number of aliphatic hydroxyl groups is 1. The maximum atomic E-state index is 12.2. The number of hydrogen-bond donors (Lipinski definition) is 3. The number of esters is 1. The lowest BCUT2D eigenvalue weighted by atomic mass is 10.2. The second-order valence-electron chi connectivity index (χ2n) is 4.27. The van der Waals surface area contributed by atoms with Crippen LogP contribution in [0.15, 0.2) is 4.90 Å². The Morgan fingerprint density at radius 2 is 2.05 bits per heavy atom. The predicted octanol–water partition coefficient (Wildman–Crippen LogP) is 0.469. The highest BCUT2D eigenvalue weighted by Gasteiger charge is 2.26. The van der Waals surface area contributed by atoms with Gasteiger partial charge in [-0.25, -0.2) is 17.9 Å². The molecule has 0 aromatic carbocycles. The Morgan fingerprint density at radius 1 is 1.40 bits per heavy atom. The Morgan fingerprint density at radius 3 is 2.60 bits per heavy atom. The number of carbonyl (C=O) groups excluding carboxylic acids is 1. The van der Waals surface area contributed by atoms with Crippen LogP contribution in [0.2, 0.25) is 0 Å². The lowest BCUT2D eigenvalue weighted by Gasteiger charge is -2.07. The number of rotatable bonds is 7. The molecule has 1 aromatic heterocycles. The monoisotopic (exact) mass is 304 g/mol. The molecule has 0 bridgehead atoms.